The van der Waals surface area contributed by atoms with Gasteiger partial charge in [-0.05, 0) is 37.7 Å². The van der Waals surface area contributed by atoms with Crippen LogP contribution in [0.3, 0.4) is 0 Å². The van der Waals surface area contributed by atoms with Crippen molar-refractivity contribution in [1.29, 1.82) is 0 Å². The maximum atomic E-state index is 11.9. The van der Waals surface area contributed by atoms with E-state index in [9.17, 15) is 4.79 Å². The van der Waals surface area contributed by atoms with E-state index in [2.05, 4.69) is 25.1 Å². The predicted molar refractivity (Wildman–Crippen MR) is 67.7 cm³/mol. The third kappa shape index (κ3) is 2.96. The minimum atomic E-state index is 0.239. The first-order valence-corrected chi connectivity index (χ1v) is 6.77. The number of nitrogens with zero attached hydrogens (tertiary/aromatic N) is 2. The van der Waals surface area contributed by atoms with Gasteiger partial charge in [0.05, 0.1) is 6.20 Å². The van der Waals surface area contributed by atoms with Crippen molar-refractivity contribution in [2.24, 2.45) is 11.8 Å². The first-order valence-electron chi connectivity index (χ1n) is 6.77. The van der Waals surface area contributed by atoms with Crippen molar-refractivity contribution in [2.75, 3.05) is 0 Å². The van der Waals surface area contributed by atoms with E-state index in [0.717, 1.165) is 38.1 Å². The Morgan fingerprint density at radius 1 is 1.47 bits per heavy atom. The SMILES string of the molecule is CCC1CCC(=O)C(Cc2cnn(CC)c2)C1. The molecule has 3 nitrogen and oxygen atoms in total. The van der Waals surface area contributed by atoms with Gasteiger partial charge in [0.2, 0.25) is 0 Å². The van der Waals surface area contributed by atoms with Crippen molar-refractivity contribution < 1.29 is 4.79 Å². The highest BCUT2D eigenvalue weighted by Gasteiger charge is 2.27. The number of hydrogen-bond donors (Lipinski definition) is 0. The van der Waals surface area contributed by atoms with Gasteiger partial charge < -0.3 is 0 Å². The number of carbonyl (C=O) groups excluding carboxylic acids is 1. The van der Waals surface area contributed by atoms with E-state index in [1.54, 1.807) is 0 Å². The van der Waals surface area contributed by atoms with Crippen LogP contribution in [0.25, 0.3) is 0 Å². The molecule has 94 valence electrons. The minimum Gasteiger partial charge on any atom is -0.299 e. The summed E-state index contributed by atoms with van der Waals surface area (Å²) in [6, 6.07) is 0. The zero-order chi connectivity index (χ0) is 12.3. The van der Waals surface area contributed by atoms with E-state index >= 15 is 0 Å². The Labute approximate surface area is 103 Å². The molecular weight excluding hydrogens is 212 g/mol. The highest BCUT2D eigenvalue weighted by molar-refractivity contribution is 5.82. The van der Waals surface area contributed by atoms with E-state index in [1.807, 2.05) is 10.9 Å². The number of rotatable bonds is 4. The fraction of sp³-hybridized carbons (Fsp3) is 0.714. The molecule has 0 aliphatic heterocycles. The van der Waals surface area contributed by atoms with Crippen LogP contribution in [-0.4, -0.2) is 15.6 Å². The second kappa shape index (κ2) is 5.48. The zero-order valence-electron chi connectivity index (χ0n) is 10.9. The summed E-state index contributed by atoms with van der Waals surface area (Å²) in [5.41, 5.74) is 1.21. The third-order valence-electron chi connectivity index (χ3n) is 3.94. The van der Waals surface area contributed by atoms with Gasteiger partial charge in [-0.1, -0.05) is 13.3 Å². The van der Waals surface area contributed by atoms with Crippen LogP contribution < -0.4 is 0 Å². The van der Waals surface area contributed by atoms with Gasteiger partial charge in [-0.15, -0.1) is 0 Å². The van der Waals surface area contributed by atoms with Crippen LogP contribution in [0.5, 0.6) is 0 Å². The molecule has 0 spiro atoms. The van der Waals surface area contributed by atoms with Gasteiger partial charge in [0.1, 0.15) is 5.78 Å². The second-order valence-electron chi connectivity index (χ2n) is 5.12. The summed E-state index contributed by atoms with van der Waals surface area (Å²) in [6.07, 6.45) is 9.03. The van der Waals surface area contributed by atoms with Crippen LogP contribution in [0.2, 0.25) is 0 Å². The van der Waals surface area contributed by atoms with Crippen molar-refractivity contribution in [2.45, 2.75) is 52.5 Å². The second-order valence-corrected chi connectivity index (χ2v) is 5.12. The maximum Gasteiger partial charge on any atom is 0.136 e. The molecule has 0 saturated heterocycles. The van der Waals surface area contributed by atoms with Gasteiger partial charge in [0, 0.05) is 25.1 Å². The Bertz CT molecular complexity index is 383. The van der Waals surface area contributed by atoms with E-state index in [1.165, 1.54) is 12.0 Å². The molecule has 0 N–H and O–H groups in total. The van der Waals surface area contributed by atoms with Crippen LogP contribution in [0, 0.1) is 11.8 Å². The number of carbonyl (C=O) groups is 1. The number of Topliss-reactive ketones (excluding diaryl/α,β-unsaturated/α-hetero) is 1. The van der Waals surface area contributed by atoms with Crippen LogP contribution in [0.1, 0.15) is 45.1 Å². The molecule has 0 amide bonds. The van der Waals surface area contributed by atoms with Crippen molar-refractivity contribution in [3.8, 4) is 0 Å². The van der Waals surface area contributed by atoms with E-state index in [4.69, 9.17) is 0 Å². The van der Waals surface area contributed by atoms with Gasteiger partial charge in [0.15, 0.2) is 0 Å². The first-order chi connectivity index (χ1) is 8.22. The number of aryl methyl sites for hydroxylation is 1. The molecule has 3 heteroatoms. The molecule has 0 aromatic carbocycles. The average molecular weight is 234 g/mol. The molecule has 2 atom stereocenters. The van der Waals surface area contributed by atoms with E-state index < -0.39 is 0 Å². The standard InChI is InChI=1S/C14H22N2O/c1-3-11-5-6-14(17)13(7-11)8-12-9-15-16(4-2)10-12/h9-11,13H,3-8H2,1-2H3. The van der Waals surface area contributed by atoms with Crippen molar-refractivity contribution >= 4 is 5.78 Å². The maximum absolute atomic E-state index is 11.9. The molecule has 2 unspecified atom stereocenters. The van der Waals surface area contributed by atoms with Crippen molar-refractivity contribution in [3.05, 3.63) is 18.0 Å². The summed E-state index contributed by atoms with van der Waals surface area (Å²) in [6.45, 7) is 5.21. The fourth-order valence-corrected chi connectivity index (χ4v) is 2.74. The molecule has 1 fully saturated rings. The molecule has 1 aliphatic rings. The predicted octanol–water partition coefficient (Wildman–Crippen LogP) is 2.84. The van der Waals surface area contributed by atoms with E-state index in [0.29, 0.717) is 5.78 Å². The lowest BCUT2D eigenvalue weighted by Crippen LogP contribution is -2.26. The Morgan fingerprint density at radius 2 is 2.29 bits per heavy atom. The Morgan fingerprint density at radius 3 is 2.94 bits per heavy atom. The topological polar surface area (TPSA) is 34.9 Å². The highest BCUT2D eigenvalue weighted by atomic mass is 16.1. The minimum absolute atomic E-state index is 0.239. The summed E-state index contributed by atoms with van der Waals surface area (Å²) >= 11 is 0. The van der Waals surface area contributed by atoms with Gasteiger partial charge in [-0.2, -0.15) is 5.10 Å². The number of hydrogen-bond acceptors (Lipinski definition) is 2. The molecule has 0 radical (unpaired) electrons. The van der Waals surface area contributed by atoms with Gasteiger partial charge in [0.25, 0.3) is 0 Å². The van der Waals surface area contributed by atoms with E-state index in [-0.39, 0.29) is 5.92 Å². The molecule has 1 saturated carbocycles. The number of ketones is 1. The number of aromatic nitrogens is 2. The van der Waals surface area contributed by atoms with Gasteiger partial charge in [-0.25, -0.2) is 0 Å². The molecular formula is C14H22N2O. The Kier molecular flexibility index (Phi) is 3.97. The van der Waals surface area contributed by atoms with Crippen LogP contribution >= 0.6 is 0 Å². The lowest BCUT2D eigenvalue weighted by molar-refractivity contribution is -0.125. The summed E-state index contributed by atoms with van der Waals surface area (Å²) in [5.74, 6) is 1.45. The van der Waals surface area contributed by atoms with Crippen LogP contribution in [0.4, 0.5) is 0 Å². The Balaban J connectivity index is 1.98. The molecule has 17 heavy (non-hydrogen) atoms. The summed E-state index contributed by atoms with van der Waals surface area (Å²) in [4.78, 5) is 11.9. The molecule has 1 aliphatic carbocycles. The molecule has 1 aromatic heterocycles. The van der Waals surface area contributed by atoms with Crippen LogP contribution in [-0.2, 0) is 17.8 Å². The quantitative estimate of drug-likeness (QED) is 0.803. The zero-order valence-corrected chi connectivity index (χ0v) is 10.9. The molecule has 2 rings (SSSR count). The van der Waals surface area contributed by atoms with Crippen molar-refractivity contribution in [1.82, 2.24) is 9.78 Å². The fourth-order valence-electron chi connectivity index (χ4n) is 2.74. The lowest BCUT2D eigenvalue weighted by atomic mass is 9.77. The van der Waals surface area contributed by atoms with Gasteiger partial charge >= 0.3 is 0 Å². The van der Waals surface area contributed by atoms with Gasteiger partial charge in [-0.3, -0.25) is 9.48 Å². The third-order valence-corrected chi connectivity index (χ3v) is 3.94. The largest absolute Gasteiger partial charge is 0.299 e. The lowest BCUT2D eigenvalue weighted by Gasteiger charge is -2.26. The van der Waals surface area contributed by atoms with Crippen LogP contribution in [0.15, 0.2) is 12.4 Å². The Hall–Kier alpha value is -1.12. The summed E-state index contributed by atoms with van der Waals surface area (Å²) < 4.78 is 1.93. The first kappa shape index (κ1) is 12.3. The highest BCUT2D eigenvalue weighted by Crippen LogP contribution is 2.30. The summed E-state index contributed by atoms with van der Waals surface area (Å²) in [5, 5.41) is 4.27. The molecule has 0 bridgehead atoms. The van der Waals surface area contributed by atoms with Crippen molar-refractivity contribution in [3.63, 3.8) is 0 Å². The smallest absolute Gasteiger partial charge is 0.136 e. The normalized spacial score (nSPS) is 25.2. The summed E-state index contributed by atoms with van der Waals surface area (Å²) in [7, 11) is 0. The monoisotopic (exact) mass is 234 g/mol. The molecule has 1 heterocycles. The average Bonchev–Trinajstić information content (AvgIpc) is 2.80. The molecule has 1 aromatic rings.